The van der Waals surface area contributed by atoms with E-state index in [1.807, 2.05) is 30.3 Å². The van der Waals surface area contributed by atoms with E-state index in [4.69, 9.17) is 0 Å². The van der Waals surface area contributed by atoms with Crippen molar-refractivity contribution >= 4 is 17.4 Å². The van der Waals surface area contributed by atoms with E-state index in [0.717, 1.165) is 6.42 Å². The second-order valence-corrected chi connectivity index (χ2v) is 2.82. The van der Waals surface area contributed by atoms with Crippen LogP contribution in [0.3, 0.4) is 0 Å². The minimum Gasteiger partial charge on any atom is -0.852 e. The number of rotatable bonds is 3. The van der Waals surface area contributed by atoms with E-state index in [2.05, 4.69) is 17.5 Å². The van der Waals surface area contributed by atoms with Crippen molar-refractivity contribution in [2.45, 2.75) is 6.42 Å². The predicted molar refractivity (Wildman–Crippen MR) is 50.7 cm³/mol. The van der Waals surface area contributed by atoms with Gasteiger partial charge in [0.2, 0.25) is 0 Å². The van der Waals surface area contributed by atoms with E-state index in [1.165, 1.54) is 5.56 Å². The van der Waals surface area contributed by atoms with Crippen LogP contribution in [0.5, 0.6) is 0 Å². The van der Waals surface area contributed by atoms with Crippen LogP contribution in [0.4, 0.5) is 0 Å². The van der Waals surface area contributed by atoms with Gasteiger partial charge in [-0.15, -0.1) is 0 Å². The Balaban J connectivity index is 0.00000144. The van der Waals surface area contributed by atoms with E-state index >= 15 is 0 Å². The molecule has 0 aliphatic heterocycles. The molecule has 0 saturated carbocycles. The molecular formula is C9H10NNaOS. The Hall–Kier alpha value is -0.0900. The molecule has 1 aromatic rings. The Morgan fingerprint density at radius 3 is 2.46 bits per heavy atom. The smallest absolute Gasteiger partial charge is 0.852 e. The van der Waals surface area contributed by atoms with Gasteiger partial charge in [0, 0.05) is 11.7 Å². The van der Waals surface area contributed by atoms with Crippen LogP contribution in [0.15, 0.2) is 30.3 Å². The van der Waals surface area contributed by atoms with Crippen molar-refractivity contribution < 1.29 is 34.7 Å². The summed E-state index contributed by atoms with van der Waals surface area (Å²) in [6.45, 7) is 0.617. The van der Waals surface area contributed by atoms with E-state index in [9.17, 15) is 5.11 Å². The van der Waals surface area contributed by atoms with Crippen LogP contribution in [0.1, 0.15) is 5.56 Å². The monoisotopic (exact) mass is 203 g/mol. The van der Waals surface area contributed by atoms with Crippen molar-refractivity contribution in [1.29, 1.82) is 0 Å². The molecule has 64 valence electrons. The first-order chi connectivity index (χ1) is 5.79. The quantitative estimate of drug-likeness (QED) is 0.434. The average Bonchev–Trinajstić information content (AvgIpc) is 2.05. The standard InChI is InChI=1S/C9H11NOS.Na/c11-9(12)10-7-6-8-4-2-1-3-5-8;/h1-5H,6-7H2,(H2,10,11,12);/q;+1/p-1. The zero-order valence-corrected chi connectivity index (χ0v) is 10.4. The minimum atomic E-state index is -0.383. The molecule has 2 nitrogen and oxygen atoms in total. The molecule has 0 heterocycles. The van der Waals surface area contributed by atoms with Gasteiger partial charge < -0.3 is 10.4 Å². The molecule has 0 saturated heterocycles. The summed E-state index contributed by atoms with van der Waals surface area (Å²) >= 11 is 4.34. The van der Waals surface area contributed by atoms with Gasteiger partial charge in [-0.2, -0.15) is 0 Å². The molecule has 0 spiro atoms. The fourth-order valence-corrected chi connectivity index (χ4v) is 1.06. The molecule has 0 atom stereocenters. The first kappa shape index (κ1) is 12.9. The van der Waals surface area contributed by atoms with Gasteiger partial charge in [0.1, 0.15) is 0 Å². The maximum atomic E-state index is 10.3. The van der Waals surface area contributed by atoms with Gasteiger partial charge in [-0.1, -0.05) is 42.5 Å². The number of thiocarbonyl (C=S) groups is 1. The third kappa shape index (κ3) is 6.05. The zero-order chi connectivity index (χ0) is 8.81. The third-order valence-corrected chi connectivity index (χ3v) is 1.67. The minimum absolute atomic E-state index is 0. The summed E-state index contributed by atoms with van der Waals surface area (Å²) in [5, 5.41) is 12.5. The maximum Gasteiger partial charge on any atom is 1.00 e. The molecule has 1 rings (SSSR count). The van der Waals surface area contributed by atoms with E-state index in [0.29, 0.717) is 6.54 Å². The van der Waals surface area contributed by atoms with Crippen molar-refractivity contribution in [1.82, 2.24) is 5.32 Å². The van der Waals surface area contributed by atoms with Crippen LogP contribution in [0.25, 0.3) is 0 Å². The molecule has 1 aromatic carbocycles. The van der Waals surface area contributed by atoms with Gasteiger partial charge in [0.15, 0.2) is 0 Å². The summed E-state index contributed by atoms with van der Waals surface area (Å²) < 4.78 is 0. The maximum absolute atomic E-state index is 10.3. The van der Waals surface area contributed by atoms with Crippen molar-refractivity contribution in [3.8, 4) is 0 Å². The number of nitrogens with one attached hydrogen (secondary N) is 1. The first-order valence-corrected chi connectivity index (χ1v) is 4.18. The van der Waals surface area contributed by atoms with Crippen molar-refractivity contribution in [2.24, 2.45) is 0 Å². The normalized spacial score (nSPS) is 8.62. The van der Waals surface area contributed by atoms with Crippen LogP contribution in [-0.2, 0) is 6.42 Å². The molecule has 0 aliphatic rings. The van der Waals surface area contributed by atoms with E-state index in [1.54, 1.807) is 0 Å². The summed E-state index contributed by atoms with van der Waals surface area (Å²) in [6.07, 6.45) is 0.837. The Morgan fingerprint density at radius 1 is 1.31 bits per heavy atom. The van der Waals surface area contributed by atoms with Crippen molar-refractivity contribution in [3.63, 3.8) is 0 Å². The predicted octanol–water partition coefficient (Wildman–Crippen LogP) is -2.53. The van der Waals surface area contributed by atoms with Gasteiger partial charge in [-0.3, -0.25) is 0 Å². The molecule has 0 aliphatic carbocycles. The summed E-state index contributed by atoms with van der Waals surface area (Å²) in [7, 11) is 0. The number of hydrogen-bond acceptors (Lipinski definition) is 2. The van der Waals surface area contributed by atoms with Crippen LogP contribution < -0.4 is 40.0 Å². The average molecular weight is 203 g/mol. The Kier molecular flexibility index (Phi) is 7.28. The fraction of sp³-hybridized carbons (Fsp3) is 0.222. The molecule has 13 heavy (non-hydrogen) atoms. The Labute approximate surface area is 106 Å². The number of benzene rings is 1. The van der Waals surface area contributed by atoms with Crippen LogP contribution in [-0.4, -0.2) is 11.7 Å². The topological polar surface area (TPSA) is 35.1 Å². The summed E-state index contributed by atoms with van der Waals surface area (Å²) in [5.41, 5.74) is 1.21. The second kappa shape index (κ2) is 7.33. The molecule has 1 N–H and O–H groups in total. The molecule has 0 bridgehead atoms. The molecule has 4 heteroatoms. The van der Waals surface area contributed by atoms with E-state index in [-0.39, 0.29) is 34.7 Å². The van der Waals surface area contributed by atoms with Crippen LogP contribution >= 0.6 is 12.2 Å². The van der Waals surface area contributed by atoms with Crippen LogP contribution in [0.2, 0.25) is 0 Å². The summed E-state index contributed by atoms with van der Waals surface area (Å²) in [5.74, 6) is 0. The van der Waals surface area contributed by atoms with Gasteiger partial charge in [-0.25, -0.2) is 0 Å². The number of hydrogen-bond donors (Lipinski definition) is 1. The third-order valence-electron chi connectivity index (χ3n) is 1.53. The molecule has 0 radical (unpaired) electrons. The van der Waals surface area contributed by atoms with Crippen LogP contribution in [0, 0.1) is 0 Å². The SMILES string of the molecule is [Na+].[O-]C(=S)NCCc1ccccc1. The molecule has 0 fully saturated rings. The van der Waals surface area contributed by atoms with Crippen molar-refractivity contribution in [2.75, 3.05) is 6.54 Å². The molecule has 0 unspecified atom stereocenters. The zero-order valence-electron chi connectivity index (χ0n) is 7.62. The van der Waals surface area contributed by atoms with Gasteiger partial charge in [-0.05, 0) is 12.0 Å². The molecule has 0 aromatic heterocycles. The first-order valence-electron chi connectivity index (χ1n) is 3.78. The second-order valence-electron chi connectivity index (χ2n) is 2.45. The largest absolute Gasteiger partial charge is 1.00 e. The molecule has 0 amide bonds. The fourth-order valence-electron chi connectivity index (χ4n) is 0.954. The molecular weight excluding hydrogens is 193 g/mol. The Bertz CT molecular complexity index is 253. The van der Waals surface area contributed by atoms with Gasteiger partial charge in [0.05, 0.1) is 0 Å². The van der Waals surface area contributed by atoms with Gasteiger partial charge >= 0.3 is 29.6 Å². The van der Waals surface area contributed by atoms with Gasteiger partial charge in [0.25, 0.3) is 0 Å². The summed E-state index contributed by atoms with van der Waals surface area (Å²) in [4.78, 5) is 0. The Morgan fingerprint density at radius 2 is 1.92 bits per heavy atom. The van der Waals surface area contributed by atoms with Crippen molar-refractivity contribution in [3.05, 3.63) is 35.9 Å². The summed E-state index contributed by atoms with van der Waals surface area (Å²) in [6, 6.07) is 9.97. The van der Waals surface area contributed by atoms with E-state index < -0.39 is 0 Å².